The molecule has 1 saturated heterocycles. The molecule has 1 aromatic heterocycles. The third-order valence-corrected chi connectivity index (χ3v) is 6.23. The number of aromatic nitrogens is 1. The first-order chi connectivity index (χ1) is 12.5. The van der Waals surface area contributed by atoms with Crippen LogP contribution in [0.25, 0.3) is 10.2 Å². The van der Waals surface area contributed by atoms with E-state index in [1.165, 1.54) is 27.9 Å². The van der Waals surface area contributed by atoms with Crippen molar-refractivity contribution < 1.29 is 5.11 Å². The summed E-state index contributed by atoms with van der Waals surface area (Å²) < 4.78 is 1.09. The molecule has 1 fully saturated rings. The average molecular weight is 368 g/mol. The van der Waals surface area contributed by atoms with Crippen LogP contribution in [0.2, 0.25) is 0 Å². The molecule has 2 aromatic carbocycles. The van der Waals surface area contributed by atoms with Gasteiger partial charge in [-0.2, -0.15) is 0 Å². The summed E-state index contributed by atoms with van der Waals surface area (Å²) in [5.41, 5.74) is 9.34. The molecule has 0 atom stereocenters. The van der Waals surface area contributed by atoms with Crippen LogP contribution in [0.1, 0.15) is 22.3 Å². The molecule has 0 bridgehead atoms. The SMILES string of the molecule is Cc1cc(C)c(CN2CCN(c3ccc(O)c4ncsc34)CC2)c(C)c1. The highest BCUT2D eigenvalue weighted by molar-refractivity contribution is 7.17. The van der Waals surface area contributed by atoms with Crippen LogP contribution in [-0.4, -0.2) is 41.2 Å². The monoisotopic (exact) mass is 367 g/mol. The van der Waals surface area contributed by atoms with Crippen LogP contribution in [0.5, 0.6) is 5.75 Å². The van der Waals surface area contributed by atoms with Crippen LogP contribution in [0, 0.1) is 20.8 Å². The van der Waals surface area contributed by atoms with E-state index in [1.807, 2.05) is 11.6 Å². The first-order valence-corrected chi connectivity index (χ1v) is 10.00. The Kier molecular flexibility index (Phi) is 4.59. The Morgan fingerprint density at radius 2 is 1.73 bits per heavy atom. The molecule has 0 amide bonds. The van der Waals surface area contributed by atoms with Crippen LogP contribution in [0.3, 0.4) is 0 Å². The molecular weight excluding hydrogens is 342 g/mol. The molecule has 3 aromatic rings. The third kappa shape index (κ3) is 3.17. The van der Waals surface area contributed by atoms with Gasteiger partial charge in [0.15, 0.2) is 0 Å². The Morgan fingerprint density at radius 1 is 1.04 bits per heavy atom. The van der Waals surface area contributed by atoms with Crippen LogP contribution < -0.4 is 4.90 Å². The number of hydrogen-bond donors (Lipinski definition) is 1. The maximum Gasteiger partial charge on any atom is 0.142 e. The molecule has 2 heterocycles. The number of phenols is 1. The second kappa shape index (κ2) is 6.89. The lowest BCUT2D eigenvalue weighted by Crippen LogP contribution is -2.46. The summed E-state index contributed by atoms with van der Waals surface area (Å²) in [5.74, 6) is 0.272. The summed E-state index contributed by atoms with van der Waals surface area (Å²) in [7, 11) is 0. The number of piperazine rings is 1. The Morgan fingerprint density at radius 3 is 2.42 bits per heavy atom. The molecule has 0 spiro atoms. The fraction of sp³-hybridized carbons (Fsp3) is 0.381. The predicted molar refractivity (Wildman–Crippen MR) is 109 cm³/mol. The van der Waals surface area contributed by atoms with Gasteiger partial charge in [0, 0.05) is 32.7 Å². The summed E-state index contributed by atoms with van der Waals surface area (Å²) >= 11 is 1.60. The van der Waals surface area contributed by atoms with Crippen molar-refractivity contribution in [2.75, 3.05) is 31.1 Å². The van der Waals surface area contributed by atoms with Crippen LogP contribution in [0.15, 0.2) is 29.8 Å². The molecule has 4 nitrogen and oxygen atoms in total. The predicted octanol–water partition coefficient (Wildman–Crippen LogP) is 4.25. The summed E-state index contributed by atoms with van der Waals surface area (Å²) in [6, 6.07) is 8.37. The first kappa shape index (κ1) is 17.3. The maximum atomic E-state index is 9.98. The number of benzene rings is 2. The van der Waals surface area contributed by atoms with Crippen molar-refractivity contribution in [1.82, 2.24) is 9.88 Å². The largest absolute Gasteiger partial charge is 0.506 e. The number of rotatable bonds is 3. The molecule has 1 N–H and O–H groups in total. The van der Waals surface area contributed by atoms with Gasteiger partial charge in [-0.25, -0.2) is 4.98 Å². The minimum Gasteiger partial charge on any atom is -0.506 e. The standard InChI is InChI=1S/C21H25N3OS/c1-14-10-15(2)17(16(3)11-14)12-23-6-8-24(9-7-23)18-4-5-19(25)20-21(18)26-13-22-20/h4-5,10-11,13,25H,6-9,12H2,1-3H3. The zero-order chi connectivity index (χ0) is 18.3. The number of hydrogen-bond acceptors (Lipinski definition) is 5. The summed E-state index contributed by atoms with van der Waals surface area (Å²) in [6.45, 7) is 11.7. The Balaban J connectivity index is 1.48. The van der Waals surface area contributed by atoms with E-state index in [9.17, 15) is 5.11 Å². The average Bonchev–Trinajstić information content (AvgIpc) is 3.10. The highest BCUT2D eigenvalue weighted by Crippen LogP contribution is 2.35. The molecule has 5 heteroatoms. The van der Waals surface area contributed by atoms with Gasteiger partial charge in [0.2, 0.25) is 0 Å². The molecule has 136 valence electrons. The lowest BCUT2D eigenvalue weighted by molar-refractivity contribution is 0.249. The summed E-state index contributed by atoms with van der Waals surface area (Å²) in [4.78, 5) is 9.27. The highest BCUT2D eigenvalue weighted by Gasteiger charge is 2.21. The first-order valence-electron chi connectivity index (χ1n) is 9.12. The van der Waals surface area contributed by atoms with E-state index in [2.05, 4.69) is 47.7 Å². The van der Waals surface area contributed by atoms with Crippen molar-refractivity contribution >= 4 is 27.2 Å². The molecule has 1 aliphatic rings. The van der Waals surface area contributed by atoms with Crippen molar-refractivity contribution in [1.29, 1.82) is 0 Å². The lowest BCUT2D eigenvalue weighted by atomic mass is 9.99. The Labute approximate surface area is 158 Å². The van der Waals surface area contributed by atoms with Gasteiger partial charge in [-0.05, 0) is 49.6 Å². The van der Waals surface area contributed by atoms with Gasteiger partial charge < -0.3 is 10.0 Å². The van der Waals surface area contributed by atoms with Crippen molar-refractivity contribution in [3.05, 3.63) is 52.0 Å². The normalized spacial score (nSPS) is 15.7. The second-order valence-corrected chi connectivity index (χ2v) is 8.13. The topological polar surface area (TPSA) is 39.6 Å². The molecule has 0 radical (unpaired) electrons. The van der Waals surface area contributed by atoms with Gasteiger partial charge in [-0.1, -0.05) is 17.7 Å². The third-order valence-electron chi connectivity index (χ3n) is 5.38. The van der Waals surface area contributed by atoms with Gasteiger partial charge in [0.1, 0.15) is 11.3 Å². The Bertz CT molecular complexity index is 919. The van der Waals surface area contributed by atoms with E-state index >= 15 is 0 Å². The van der Waals surface area contributed by atoms with E-state index in [0.29, 0.717) is 0 Å². The minimum atomic E-state index is 0.272. The van der Waals surface area contributed by atoms with E-state index in [1.54, 1.807) is 17.4 Å². The smallest absolute Gasteiger partial charge is 0.142 e. The van der Waals surface area contributed by atoms with Gasteiger partial charge in [0.25, 0.3) is 0 Å². The fourth-order valence-electron chi connectivity index (χ4n) is 4.00. The van der Waals surface area contributed by atoms with E-state index < -0.39 is 0 Å². The number of anilines is 1. The second-order valence-electron chi connectivity index (χ2n) is 7.27. The van der Waals surface area contributed by atoms with Gasteiger partial charge in [0.05, 0.1) is 15.9 Å². The maximum absolute atomic E-state index is 9.98. The van der Waals surface area contributed by atoms with Crippen molar-refractivity contribution in [2.24, 2.45) is 0 Å². The minimum absolute atomic E-state index is 0.272. The summed E-state index contributed by atoms with van der Waals surface area (Å²) in [6.07, 6.45) is 0. The highest BCUT2D eigenvalue weighted by atomic mass is 32.1. The van der Waals surface area contributed by atoms with Crippen molar-refractivity contribution in [3.63, 3.8) is 0 Å². The molecule has 0 aliphatic carbocycles. The summed E-state index contributed by atoms with van der Waals surface area (Å²) in [5, 5.41) is 9.98. The van der Waals surface area contributed by atoms with E-state index in [-0.39, 0.29) is 5.75 Å². The quantitative estimate of drug-likeness (QED) is 0.751. The number of nitrogens with zero attached hydrogens (tertiary/aromatic N) is 3. The van der Waals surface area contributed by atoms with Gasteiger partial charge in [-0.3, -0.25) is 4.90 Å². The molecule has 0 unspecified atom stereocenters. The zero-order valence-electron chi connectivity index (χ0n) is 15.6. The molecule has 0 saturated carbocycles. The van der Waals surface area contributed by atoms with E-state index in [4.69, 9.17) is 0 Å². The van der Waals surface area contributed by atoms with Crippen LogP contribution >= 0.6 is 11.3 Å². The van der Waals surface area contributed by atoms with Crippen LogP contribution in [0.4, 0.5) is 5.69 Å². The number of aromatic hydroxyl groups is 1. The van der Waals surface area contributed by atoms with Crippen LogP contribution in [-0.2, 0) is 6.54 Å². The number of fused-ring (bicyclic) bond motifs is 1. The fourth-order valence-corrected chi connectivity index (χ4v) is 4.85. The van der Waals surface area contributed by atoms with Gasteiger partial charge >= 0.3 is 0 Å². The van der Waals surface area contributed by atoms with E-state index in [0.717, 1.165) is 42.9 Å². The zero-order valence-corrected chi connectivity index (χ0v) is 16.4. The number of phenolic OH excluding ortho intramolecular Hbond substituents is 1. The Hall–Kier alpha value is -2.11. The number of aryl methyl sites for hydroxylation is 3. The van der Waals surface area contributed by atoms with Crippen molar-refractivity contribution in [3.8, 4) is 5.75 Å². The molecule has 26 heavy (non-hydrogen) atoms. The molecule has 1 aliphatic heterocycles. The molecule has 4 rings (SSSR count). The van der Waals surface area contributed by atoms with Gasteiger partial charge in [-0.15, -0.1) is 11.3 Å². The van der Waals surface area contributed by atoms with Crippen molar-refractivity contribution in [2.45, 2.75) is 27.3 Å². The number of thiazole rings is 1. The molecular formula is C21H25N3OS. The lowest BCUT2D eigenvalue weighted by Gasteiger charge is -2.36.